The van der Waals surface area contributed by atoms with Crippen molar-refractivity contribution < 1.29 is 18.7 Å². The van der Waals surface area contributed by atoms with Crippen LogP contribution in [-0.2, 0) is 9.59 Å². The second kappa shape index (κ2) is 12.1. The monoisotopic (exact) mass is 584 g/mol. The van der Waals surface area contributed by atoms with Gasteiger partial charge in [0.2, 0.25) is 11.8 Å². The summed E-state index contributed by atoms with van der Waals surface area (Å²) in [6.45, 7) is 2.55. The number of carbonyl (C=O) groups excluding carboxylic acids is 2. The Morgan fingerprint density at radius 2 is 1.50 bits per heavy atom. The number of aromatic nitrogens is 2. The van der Waals surface area contributed by atoms with Gasteiger partial charge in [-0.3, -0.25) is 9.59 Å². The molecule has 0 aliphatic heterocycles. The number of rotatable bonds is 10. The first-order chi connectivity index (χ1) is 18.5. The fraction of sp³-hybridized carbons (Fsp3) is 0.154. The van der Waals surface area contributed by atoms with E-state index in [1.807, 2.05) is 37.3 Å². The van der Waals surface area contributed by atoms with E-state index in [0.29, 0.717) is 16.6 Å². The second-order valence-electron chi connectivity index (χ2n) is 7.86. The summed E-state index contributed by atoms with van der Waals surface area (Å²) in [4.78, 5) is 33.9. The van der Waals surface area contributed by atoms with Crippen molar-refractivity contribution in [1.82, 2.24) is 9.97 Å². The fourth-order valence-electron chi connectivity index (χ4n) is 3.45. The third-order valence-electron chi connectivity index (χ3n) is 5.11. The summed E-state index contributed by atoms with van der Waals surface area (Å²) < 4.78 is 22.7. The minimum Gasteiger partial charge on any atom is -0.494 e. The number of hydrogen-bond acceptors (Lipinski definition) is 9. The van der Waals surface area contributed by atoms with Gasteiger partial charge in [0.1, 0.15) is 11.6 Å². The molecule has 7 nitrogen and oxygen atoms in total. The van der Waals surface area contributed by atoms with Crippen molar-refractivity contribution in [3.05, 3.63) is 66.5 Å². The lowest BCUT2D eigenvalue weighted by Crippen LogP contribution is -2.14. The van der Waals surface area contributed by atoms with Crippen LogP contribution >= 0.6 is 46.2 Å². The molecule has 12 heteroatoms. The van der Waals surface area contributed by atoms with E-state index in [4.69, 9.17) is 4.74 Å². The molecule has 0 aliphatic rings. The molecule has 2 aromatic heterocycles. The molecule has 0 unspecified atom stereocenters. The summed E-state index contributed by atoms with van der Waals surface area (Å²) >= 11 is 5.63. The Balaban J connectivity index is 1.14. The van der Waals surface area contributed by atoms with Crippen molar-refractivity contribution in [1.29, 1.82) is 0 Å². The maximum atomic E-state index is 13.7. The van der Waals surface area contributed by atoms with Crippen LogP contribution in [-0.4, -0.2) is 39.9 Å². The molecule has 0 bridgehead atoms. The van der Waals surface area contributed by atoms with Crippen molar-refractivity contribution in [2.75, 3.05) is 28.7 Å². The van der Waals surface area contributed by atoms with Gasteiger partial charge in [0, 0.05) is 5.69 Å². The number of amides is 2. The maximum Gasteiger partial charge on any atom is 0.234 e. The molecule has 194 valence electrons. The van der Waals surface area contributed by atoms with Gasteiger partial charge < -0.3 is 15.4 Å². The minimum absolute atomic E-state index is 0.105. The van der Waals surface area contributed by atoms with Crippen LogP contribution in [0.4, 0.5) is 15.8 Å². The number of benzene rings is 3. The SMILES string of the molecule is CCOc1ccc2nc(SCC(=O)Nc3ccc4nc(SCC(=O)Nc5ccccc5F)sc4c3)sc2c1. The number of carbonyl (C=O) groups is 2. The zero-order valence-corrected chi connectivity index (χ0v) is 23.3. The van der Waals surface area contributed by atoms with E-state index in [-0.39, 0.29) is 29.0 Å². The highest BCUT2D eigenvalue weighted by molar-refractivity contribution is 8.02. The van der Waals surface area contributed by atoms with Gasteiger partial charge in [-0.2, -0.15) is 0 Å². The number of para-hydroxylation sites is 1. The largest absolute Gasteiger partial charge is 0.494 e. The molecule has 0 spiro atoms. The Morgan fingerprint density at radius 1 is 0.868 bits per heavy atom. The van der Waals surface area contributed by atoms with Gasteiger partial charge in [-0.05, 0) is 55.5 Å². The van der Waals surface area contributed by atoms with Gasteiger partial charge in [0.15, 0.2) is 8.68 Å². The number of fused-ring (bicyclic) bond motifs is 2. The van der Waals surface area contributed by atoms with E-state index in [2.05, 4.69) is 20.6 Å². The third kappa shape index (κ3) is 6.62. The Bertz CT molecular complexity index is 1620. The molecule has 0 saturated heterocycles. The predicted octanol–water partition coefficient (Wildman–Crippen LogP) is 6.91. The molecule has 38 heavy (non-hydrogen) atoms. The van der Waals surface area contributed by atoms with Crippen molar-refractivity contribution in [3.63, 3.8) is 0 Å². The first-order valence-electron chi connectivity index (χ1n) is 11.5. The van der Waals surface area contributed by atoms with Crippen molar-refractivity contribution in [2.45, 2.75) is 15.6 Å². The molecular formula is C26H21FN4O3S4. The van der Waals surface area contributed by atoms with Crippen molar-refractivity contribution in [2.24, 2.45) is 0 Å². The van der Waals surface area contributed by atoms with E-state index in [1.54, 1.807) is 18.2 Å². The van der Waals surface area contributed by atoms with Crippen molar-refractivity contribution >= 4 is 89.8 Å². The molecule has 2 N–H and O–H groups in total. The van der Waals surface area contributed by atoms with Crippen molar-refractivity contribution in [3.8, 4) is 5.75 Å². The molecule has 3 aromatic carbocycles. The van der Waals surface area contributed by atoms with Gasteiger partial charge in [0.05, 0.1) is 44.2 Å². The lowest BCUT2D eigenvalue weighted by Gasteiger charge is -2.04. The summed E-state index contributed by atoms with van der Waals surface area (Å²) in [5, 5.41) is 5.49. The molecule has 2 heterocycles. The zero-order chi connectivity index (χ0) is 26.5. The number of nitrogens with one attached hydrogen (secondary N) is 2. The Labute approximate surface area is 234 Å². The average Bonchev–Trinajstić information content (AvgIpc) is 3.50. The molecule has 0 atom stereocenters. The number of ether oxygens (including phenoxy) is 1. The molecule has 0 aliphatic carbocycles. The van der Waals surface area contributed by atoms with Gasteiger partial charge in [-0.15, -0.1) is 22.7 Å². The number of halogens is 1. The fourth-order valence-corrected chi connectivity index (χ4v) is 7.25. The van der Waals surface area contributed by atoms with Crippen LogP contribution in [0.2, 0.25) is 0 Å². The summed E-state index contributed by atoms with van der Waals surface area (Å²) in [7, 11) is 0. The predicted molar refractivity (Wildman–Crippen MR) is 156 cm³/mol. The van der Waals surface area contributed by atoms with E-state index in [9.17, 15) is 14.0 Å². The highest BCUT2D eigenvalue weighted by Gasteiger charge is 2.12. The molecule has 0 saturated carbocycles. The normalized spacial score (nSPS) is 11.1. The molecule has 0 fully saturated rings. The lowest BCUT2D eigenvalue weighted by molar-refractivity contribution is -0.114. The Morgan fingerprint density at radius 3 is 2.18 bits per heavy atom. The van der Waals surface area contributed by atoms with Crippen LogP contribution in [0.3, 0.4) is 0 Å². The van der Waals surface area contributed by atoms with Crippen LogP contribution < -0.4 is 15.4 Å². The molecule has 2 amide bonds. The van der Waals surface area contributed by atoms with E-state index in [0.717, 1.165) is 30.5 Å². The number of anilines is 2. The maximum absolute atomic E-state index is 13.7. The highest BCUT2D eigenvalue weighted by atomic mass is 32.2. The number of hydrogen-bond donors (Lipinski definition) is 2. The third-order valence-corrected chi connectivity index (χ3v) is 9.43. The van der Waals surface area contributed by atoms with Crippen LogP contribution in [0, 0.1) is 5.82 Å². The van der Waals surface area contributed by atoms with Gasteiger partial charge in [-0.1, -0.05) is 35.7 Å². The number of thioether (sulfide) groups is 2. The summed E-state index contributed by atoms with van der Waals surface area (Å²) in [5.41, 5.74) is 2.49. The quantitative estimate of drug-likeness (QED) is 0.172. The smallest absolute Gasteiger partial charge is 0.234 e. The van der Waals surface area contributed by atoms with Gasteiger partial charge >= 0.3 is 0 Å². The van der Waals surface area contributed by atoms with E-state index >= 15 is 0 Å². The van der Waals surface area contributed by atoms with Crippen LogP contribution in [0.25, 0.3) is 20.4 Å². The number of thiazole rings is 2. The summed E-state index contributed by atoms with van der Waals surface area (Å²) in [6, 6.07) is 17.3. The number of nitrogens with zero attached hydrogens (tertiary/aromatic N) is 2. The molecule has 5 rings (SSSR count). The Kier molecular flexibility index (Phi) is 8.42. The topological polar surface area (TPSA) is 93.2 Å². The first-order valence-corrected chi connectivity index (χ1v) is 15.1. The molecular weight excluding hydrogens is 564 g/mol. The van der Waals surface area contributed by atoms with E-state index in [1.165, 1.54) is 58.3 Å². The van der Waals surface area contributed by atoms with E-state index < -0.39 is 5.82 Å². The lowest BCUT2D eigenvalue weighted by atomic mass is 10.3. The molecule has 0 radical (unpaired) electrons. The van der Waals surface area contributed by atoms with Crippen LogP contribution in [0.5, 0.6) is 5.75 Å². The highest BCUT2D eigenvalue weighted by Crippen LogP contribution is 2.33. The molecule has 5 aromatic rings. The van der Waals surface area contributed by atoms with Gasteiger partial charge in [-0.25, -0.2) is 14.4 Å². The first kappa shape index (κ1) is 26.4. The summed E-state index contributed by atoms with van der Waals surface area (Å²) in [5.74, 6) is 0.226. The summed E-state index contributed by atoms with van der Waals surface area (Å²) in [6.07, 6.45) is 0. The zero-order valence-electron chi connectivity index (χ0n) is 20.0. The van der Waals surface area contributed by atoms with Gasteiger partial charge in [0.25, 0.3) is 0 Å². The van der Waals surface area contributed by atoms with Crippen LogP contribution in [0.1, 0.15) is 6.92 Å². The Hall–Kier alpha value is -3.19. The average molecular weight is 585 g/mol. The standard InChI is InChI=1S/C26H21FN4O3S4/c1-2-34-16-8-10-20-22(12-16)38-26(31-20)35-13-23(32)28-15-7-9-19-21(11-15)37-25(30-19)36-14-24(33)29-18-6-4-3-5-17(18)27/h3-12H,2,13-14H2,1H3,(H,28,32)(H,29,33). The second-order valence-corrected chi connectivity index (χ2v) is 12.4. The van der Waals surface area contributed by atoms with Crippen LogP contribution in [0.15, 0.2) is 69.3 Å². The minimum atomic E-state index is -0.477.